The van der Waals surface area contributed by atoms with Crippen LogP contribution in [0.1, 0.15) is 13.3 Å². The lowest BCUT2D eigenvalue weighted by Crippen LogP contribution is -2.15. The Labute approximate surface area is 97.5 Å². The van der Waals surface area contributed by atoms with Crippen LogP contribution in [-0.2, 0) is 10.8 Å². The van der Waals surface area contributed by atoms with Gasteiger partial charge in [0.05, 0.1) is 0 Å². The molecule has 0 radical (unpaired) electrons. The first-order chi connectivity index (χ1) is 7.63. The molecule has 0 bridgehead atoms. The van der Waals surface area contributed by atoms with Crippen LogP contribution < -0.4 is 16.6 Å². The highest BCUT2D eigenvalue weighted by Crippen LogP contribution is 2.07. The zero-order chi connectivity index (χ0) is 12.0. The third-order valence-corrected chi connectivity index (χ3v) is 3.61. The van der Waals surface area contributed by atoms with E-state index in [1.54, 1.807) is 12.3 Å². The fraction of sp³-hybridized carbons (Fsp3) is 0.556. The van der Waals surface area contributed by atoms with Crippen molar-refractivity contribution in [2.24, 2.45) is 5.84 Å². The topological polar surface area (TPSA) is 92.9 Å². The van der Waals surface area contributed by atoms with Gasteiger partial charge in [-0.25, -0.2) is 15.8 Å². The van der Waals surface area contributed by atoms with E-state index < -0.39 is 10.8 Å². The Kier molecular flexibility index (Phi) is 5.13. The van der Waals surface area contributed by atoms with Crippen LogP contribution in [0, 0.1) is 0 Å². The van der Waals surface area contributed by atoms with E-state index in [2.05, 4.69) is 20.7 Å². The summed E-state index contributed by atoms with van der Waals surface area (Å²) in [7, 11) is -0.779. The van der Waals surface area contributed by atoms with Crippen LogP contribution in [0.3, 0.4) is 0 Å². The van der Waals surface area contributed by atoms with Gasteiger partial charge in [-0.1, -0.05) is 6.92 Å². The van der Waals surface area contributed by atoms with E-state index in [1.807, 2.05) is 6.92 Å². The average molecular weight is 243 g/mol. The highest BCUT2D eigenvalue weighted by atomic mass is 32.2. The predicted molar refractivity (Wildman–Crippen MR) is 66.5 cm³/mol. The molecule has 1 rings (SSSR count). The van der Waals surface area contributed by atoms with Gasteiger partial charge < -0.3 is 10.7 Å². The highest BCUT2D eigenvalue weighted by Gasteiger charge is 2.05. The Morgan fingerprint density at radius 2 is 2.19 bits per heavy atom. The van der Waals surface area contributed by atoms with E-state index in [0.717, 1.165) is 13.0 Å². The molecule has 0 saturated heterocycles. The Morgan fingerprint density at radius 1 is 1.50 bits per heavy atom. The Morgan fingerprint density at radius 3 is 2.81 bits per heavy atom. The number of aromatic nitrogens is 2. The molecule has 90 valence electrons. The van der Waals surface area contributed by atoms with Crippen molar-refractivity contribution in [3.8, 4) is 0 Å². The molecule has 1 aromatic rings. The smallest absolute Gasteiger partial charge is 0.145 e. The van der Waals surface area contributed by atoms with Crippen LogP contribution in [0.15, 0.2) is 12.4 Å². The van der Waals surface area contributed by atoms with Crippen LogP contribution in [0.2, 0.25) is 0 Å². The molecular weight excluding hydrogens is 226 g/mol. The summed E-state index contributed by atoms with van der Waals surface area (Å²) in [6.07, 6.45) is 3.98. The SMILES string of the molecule is CC(CCNc1cc(NN)ncn1)S(C)=O. The molecule has 0 amide bonds. The summed E-state index contributed by atoms with van der Waals surface area (Å²) in [5, 5.41) is 3.31. The molecule has 2 atom stereocenters. The van der Waals surface area contributed by atoms with Crippen molar-refractivity contribution < 1.29 is 4.21 Å². The van der Waals surface area contributed by atoms with Crippen molar-refractivity contribution in [3.05, 3.63) is 12.4 Å². The maximum atomic E-state index is 11.1. The molecule has 16 heavy (non-hydrogen) atoms. The Balaban J connectivity index is 2.39. The molecule has 1 aromatic heterocycles. The van der Waals surface area contributed by atoms with Gasteiger partial charge >= 0.3 is 0 Å². The maximum absolute atomic E-state index is 11.1. The Hall–Kier alpha value is -1.21. The summed E-state index contributed by atoms with van der Waals surface area (Å²) in [5.74, 6) is 6.49. The van der Waals surface area contributed by atoms with E-state index in [0.29, 0.717) is 11.6 Å². The first kappa shape index (κ1) is 12.9. The summed E-state index contributed by atoms with van der Waals surface area (Å²) in [6.45, 7) is 2.69. The molecule has 0 aliphatic heterocycles. The average Bonchev–Trinajstić information content (AvgIpc) is 2.29. The third-order valence-electron chi connectivity index (χ3n) is 2.24. The number of nitrogens with two attached hydrogens (primary N) is 1. The van der Waals surface area contributed by atoms with Crippen LogP contribution in [0.5, 0.6) is 0 Å². The summed E-state index contributed by atoms with van der Waals surface area (Å²) in [6, 6.07) is 1.72. The monoisotopic (exact) mass is 243 g/mol. The summed E-state index contributed by atoms with van der Waals surface area (Å²) in [4.78, 5) is 7.93. The molecule has 4 N–H and O–H groups in total. The predicted octanol–water partition coefficient (Wildman–Crippen LogP) is 0.331. The molecular formula is C9H17N5OS. The number of hydrazine groups is 1. The summed E-state index contributed by atoms with van der Waals surface area (Å²) >= 11 is 0. The second kappa shape index (κ2) is 6.39. The van der Waals surface area contributed by atoms with Gasteiger partial charge in [-0.05, 0) is 6.42 Å². The molecule has 0 aromatic carbocycles. The first-order valence-corrected chi connectivity index (χ1v) is 6.60. The molecule has 0 aliphatic carbocycles. The van der Waals surface area contributed by atoms with Crippen molar-refractivity contribution in [1.29, 1.82) is 0 Å². The molecule has 0 aliphatic rings. The normalized spacial score (nSPS) is 14.2. The van der Waals surface area contributed by atoms with Crippen molar-refractivity contribution in [2.45, 2.75) is 18.6 Å². The zero-order valence-electron chi connectivity index (χ0n) is 9.43. The van der Waals surface area contributed by atoms with E-state index in [-0.39, 0.29) is 5.25 Å². The van der Waals surface area contributed by atoms with Crippen LogP contribution in [0.4, 0.5) is 11.6 Å². The van der Waals surface area contributed by atoms with Crippen LogP contribution in [0.25, 0.3) is 0 Å². The number of nitrogens with zero attached hydrogens (tertiary/aromatic N) is 2. The standard InChI is InChI=1S/C9H17N5OS/c1-7(16(2)15)3-4-11-8-5-9(14-10)13-6-12-8/h5-7H,3-4,10H2,1-2H3,(H2,11,12,13,14). The quantitative estimate of drug-likeness (QED) is 0.492. The lowest BCUT2D eigenvalue weighted by atomic mass is 10.3. The van der Waals surface area contributed by atoms with Crippen molar-refractivity contribution in [3.63, 3.8) is 0 Å². The number of anilines is 2. The molecule has 1 heterocycles. The fourth-order valence-electron chi connectivity index (χ4n) is 1.10. The first-order valence-electron chi connectivity index (χ1n) is 4.98. The van der Waals surface area contributed by atoms with Crippen molar-refractivity contribution in [1.82, 2.24) is 9.97 Å². The van der Waals surface area contributed by atoms with Gasteiger partial charge in [-0.3, -0.25) is 4.21 Å². The molecule has 0 fully saturated rings. The molecule has 0 saturated carbocycles. The van der Waals surface area contributed by atoms with Gasteiger partial charge in [0.25, 0.3) is 0 Å². The van der Waals surface area contributed by atoms with E-state index in [9.17, 15) is 4.21 Å². The lowest BCUT2D eigenvalue weighted by molar-refractivity contribution is 0.672. The Bertz CT molecular complexity index is 360. The van der Waals surface area contributed by atoms with Gasteiger partial charge in [0.2, 0.25) is 0 Å². The number of nitrogens with one attached hydrogen (secondary N) is 2. The van der Waals surface area contributed by atoms with Gasteiger partial charge in [0, 0.05) is 34.9 Å². The second-order valence-corrected chi connectivity index (χ2v) is 5.26. The molecule has 6 nitrogen and oxygen atoms in total. The molecule has 7 heteroatoms. The summed E-state index contributed by atoms with van der Waals surface area (Å²) < 4.78 is 11.1. The number of hydrogen-bond acceptors (Lipinski definition) is 6. The number of rotatable bonds is 6. The van der Waals surface area contributed by atoms with Gasteiger partial charge in [0.15, 0.2) is 0 Å². The van der Waals surface area contributed by atoms with Crippen LogP contribution in [-0.4, -0.2) is 32.2 Å². The van der Waals surface area contributed by atoms with E-state index in [1.165, 1.54) is 6.33 Å². The minimum Gasteiger partial charge on any atom is -0.370 e. The van der Waals surface area contributed by atoms with Gasteiger partial charge in [0.1, 0.15) is 18.0 Å². The second-order valence-electron chi connectivity index (χ2n) is 3.46. The third kappa shape index (κ3) is 4.11. The van der Waals surface area contributed by atoms with Crippen molar-refractivity contribution >= 4 is 22.4 Å². The van der Waals surface area contributed by atoms with Gasteiger partial charge in [-0.2, -0.15) is 0 Å². The van der Waals surface area contributed by atoms with Gasteiger partial charge in [-0.15, -0.1) is 0 Å². The number of nitrogen functional groups attached to an aromatic ring is 1. The molecule has 0 spiro atoms. The minimum absolute atomic E-state index is 0.182. The lowest BCUT2D eigenvalue weighted by Gasteiger charge is -2.09. The minimum atomic E-state index is -0.779. The van der Waals surface area contributed by atoms with E-state index >= 15 is 0 Å². The number of hydrogen-bond donors (Lipinski definition) is 3. The van der Waals surface area contributed by atoms with E-state index in [4.69, 9.17) is 5.84 Å². The van der Waals surface area contributed by atoms with Crippen molar-refractivity contribution in [2.75, 3.05) is 23.5 Å². The fourth-order valence-corrected chi connectivity index (χ4v) is 1.55. The highest BCUT2D eigenvalue weighted by molar-refractivity contribution is 7.84. The van der Waals surface area contributed by atoms with Crippen LogP contribution >= 0.6 is 0 Å². The molecule has 2 unspecified atom stereocenters. The maximum Gasteiger partial charge on any atom is 0.145 e. The zero-order valence-corrected chi connectivity index (χ0v) is 10.3. The largest absolute Gasteiger partial charge is 0.370 e. The summed E-state index contributed by atoms with van der Waals surface area (Å²) in [5.41, 5.74) is 2.45.